The molecular formula is C42H30N8O2. The SMILES string of the molecule is COc1ccc2nc(-c3cc(Oc4ccc(-c5nc6ccccc6[nH]5)c(-c5nc6ccc(C)cc6[nH]5)c4)ccc3-c3nc4ccccc4[nH]3)[nH]c2c1. The lowest BCUT2D eigenvalue weighted by atomic mass is 10.0. The third-order valence-electron chi connectivity index (χ3n) is 9.34. The van der Waals surface area contributed by atoms with Gasteiger partial charge >= 0.3 is 0 Å². The summed E-state index contributed by atoms with van der Waals surface area (Å²) < 4.78 is 12.1. The van der Waals surface area contributed by atoms with Crippen LogP contribution in [0.15, 0.2) is 121 Å². The molecule has 0 aliphatic rings. The van der Waals surface area contributed by atoms with E-state index in [2.05, 4.69) is 39.0 Å². The van der Waals surface area contributed by atoms with Gasteiger partial charge in [0.05, 0.1) is 51.2 Å². The molecule has 0 bridgehead atoms. The highest BCUT2D eigenvalue weighted by molar-refractivity contribution is 5.90. The van der Waals surface area contributed by atoms with E-state index < -0.39 is 0 Å². The maximum Gasteiger partial charge on any atom is 0.139 e. The number of nitrogens with zero attached hydrogens (tertiary/aromatic N) is 4. The number of fused-ring (bicyclic) bond motifs is 4. The number of nitrogens with one attached hydrogen (secondary N) is 4. The second kappa shape index (κ2) is 11.7. The van der Waals surface area contributed by atoms with Crippen molar-refractivity contribution in [3.63, 3.8) is 0 Å². The predicted octanol–water partition coefficient (Wildman–Crippen LogP) is 9.97. The lowest BCUT2D eigenvalue weighted by Gasteiger charge is -2.12. The average molecular weight is 679 g/mol. The van der Waals surface area contributed by atoms with E-state index in [1.54, 1.807) is 7.11 Å². The second-order valence-corrected chi connectivity index (χ2v) is 12.8. The minimum absolute atomic E-state index is 0.635. The van der Waals surface area contributed by atoms with Crippen LogP contribution in [0.5, 0.6) is 17.2 Å². The van der Waals surface area contributed by atoms with Crippen LogP contribution in [0.4, 0.5) is 0 Å². The summed E-state index contributed by atoms with van der Waals surface area (Å²) in [4.78, 5) is 33.8. The summed E-state index contributed by atoms with van der Waals surface area (Å²) in [6.07, 6.45) is 0. The molecule has 0 fully saturated rings. The molecule has 4 N–H and O–H groups in total. The van der Waals surface area contributed by atoms with Crippen LogP contribution < -0.4 is 9.47 Å². The Labute approximate surface area is 296 Å². The van der Waals surface area contributed by atoms with E-state index in [9.17, 15) is 0 Å². The number of ether oxygens (including phenoxy) is 2. The Morgan fingerprint density at radius 1 is 0.404 bits per heavy atom. The zero-order valence-corrected chi connectivity index (χ0v) is 28.2. The molecule has 10 rings (SSSR count). The zero-order valence-electron chi connectivity index (χ0n) is 28.2. The molecule has 6 aromatic carbocycles. The molecule has 10 aromatic rings. The first-order chi connectivity index (χ1) is 25.5. The Morgan fingerprint density at radius 3 is 1.38 bits per heavy atom. The van der Waals surface area contributed by atoms with Gasteiger partial charge in [-0.05, 0) is 97.4 Å². The van der Waals surface area contributed by atoms with E-state index in [4.69, 9.17) is 29.4 Å². The number of aromatic amines is 4. The van der Waals surface area contributed by atoms with Crippen LogP contribution in [-0.4, -0.2) is 47.0 Å². The monoisotopic (exact) mass is 678 g/mol. The highest BCUT2D eigenvalue weighted by atomic mass is 16.5. The second-order valence-electron chi connectivity index (χ2n) is 12.8. The lowest BCUT2D eigenvalue weighted by molar-refractivity contribution is 0.415. The molecule has 0 unspecified atom stereocenters. The number of hydrogen-bond donors (Lipinski definition) is 4. The molecule has 0 aliphatic carbocycles. The van der Waals surface area contributed by atoms with Gasteiger partial charge in [0.2, 0.25) is 0 Å². The third-order valence-corrected chi connectivity index (χ3v) is 9.34. The smallest absolute Gasteiger partial charge is 0.139 e. The number of imidazole rings is 4. The van der Waals surface area contributed by atoms with Crippen molar-refractivity contribution in [2.45, 2.75) is 6.92 Å². The Balaban J connectivity index is 1.10. The van der Waals surface area contributed by atoms with E-state index >= 15 is 0 Å². The first kappa shape index (κ1) is 29.7. The molecule has 4 aromatic heterocycles. The highest BCUT2D eigenvalue weighted by Crippen LogP contribution is 2.39. The molecule has 0 spiro atoms. The molecule has 0 saturated carbocycles. The summed E-state index contributed by atoms with van der Waals surface area (Å²) in [5.74, 6) is 4.91. The van der Waals surface area contributed by atoms with Crippen LogP contribution in [0, 0.1) is 6.92 Å². The Bertz CT molecular complexity index is 2900. The van der Waals surface area contributed by atoms with Crippen LogP contribution in [-0.2, 0) is 0 Å². The predicted molar refractivity (Wildman–Crippen MR) is 205 cm³/mol. The van der Waals surface area contributed by atoms with Gasteiger partial charge in [0, 0.05) is 28.3 Å². The Kier molecular flexibility index (Phi) is 6.68. The molecular weight excluding hydrogens is 649 g/mol. The number of H-pyrrole nitrogens is 4. The summed E-state index contributed by atoms with van der Waals surface area (Å²) in [5, 5.41) is 0. The first-order valence-electron chi connectivity index (χ1n) is 16.9. The standard InChI is InChI=1S/C42H30N8O2/c1-23-11-17-35-37(19-23)49-41(47-35)29-20-25(12-15-27(29)39-43-31-7-3-4-8-32(31)44-39)52-26-13-16-28(40-45-33-9-5-6-10-34(33)46-40)30(21-26)42-48-36-18-14-24(51-2)22-38(36)50-42/h3-22H,1-2H3,(H,43,44)(H,45,46)(H,47,49)(H,48,50). The summed E-state index contributed by atoms with van der Waals surface area (Å²) in [6, 6.07) is 40.0. The van der Waals surface area contributed by atoms with Crippen molar-refractivity contribution in [3.8, 4) is 62.8 Å². The van der Waals surface area contributed by atoms with Gasteiger partial charge in [-0.1, -0.05) is 30.3 Å². The van der Waals surface area contributed by atoms with Crippen LogP contribution in [0.2, 0.25) is 0 Å². The number of aryl methyl sites for hydroxylation is 1. The molecule has 250 valence electrons. The van der Waals surface area contributed by atoms with E-state index in [0.717, 1.165) is 95.2 Å². The summed E-state index contributed by atoms with van der Waals surface area (Å²) >= 11 is 0. The normalized spacial score (nSPS) is 11.7. The number of rotatable bonds is 7. The van der Waals surface area contributed by atoms with Gasteiger partial charge in [0.15, 0.2) is 0 Å². The minimum atomic E-state index is 0.635. The van der Waals surface area contributed by atoms with Crippen molar-refractivity contribution < 1.29 is 9.47 Å². The molecule has 0 atom stereocenters. The van der Waals surface area contributed by atoms with Gasteiger partial charge in [0.25, 0.3) is 0 Å². The molecule has 10 nitrogen and oxygen atoms in total. The quantitative estimate of drug-likeness (QED) is 0.133. The molecule has 0 radical (unpaired) electrons. The fourth-order valence-electron chi connectivity index (χ4n) is 6.77. The van der Waals surface area contributed by atoms with Gasteiger partial charge < -0.3 is 29.4 Å². The highest BCUT2D eigenvalue weighted by Gasteiger charge is 2.19. The summed E-state index contributed by atoms with van der Waals surface area (Å²) in [5.41, 5.74) is 11.9. The van der Waals surface area contributed by atoms with E-state index in [-0.39, 0.29) is 0 Å². The van der Waals surface area contributed by atoms with Crippen LogP contribution >= 0.6 is 0 Å². The maximum atomic E-state index is 6.64. The lowest BCUT2D eigenvalue weighted by Crippen LogP contribution is -1.94. The van der Waals surface area contributed by atoms with E-state index in [0.29, 0.717) is 17.3 Å². The Morgan fingerprint density at radius 2 is 0.846 bits per heavy atom. The maximum absolute atomic E-state index is 6.64. The van der Waals surface area contributed by atoms with Crippen molar-refractivity contribution in [2.75, 3.05) is 7.11 Å². The summed E-state index contributed by atoms with van der Waals surface area (Å²) in [6.45, 7) is 2.07. The molecule has 52 heavy (non-hydrogen) atoms. The first-order valence-corrected chi connectivity index (χ1v) is 16.9. The van der Waals surface area contributed by atoms with Crippen LogP contribution in [0.25, 0.3) is 89.7 Å². The number of methoxy groups -OCH3 is 1. The summed E-state index contributed by atoms with van der Waals surface area (Å²) in [7, 11) is 1.66. The number of benzene rings is 6. The third kappa shape index (κ3) is 5.12. The van der Waals surface area contributed by atoms with Crippen molar-refractivity contribution in [2.24, 2.45) is 0 Å². The van der Waals surface area contributed by atoms with Gasteiger partial charge in [-0.25, -0.2) is 19.9 Å². The Hall–Kier alpha value is -7.20. The fraction of sp³-hybridized carbons (Fsp3) is 0.0476. The number of aromatic nitrogens is 8. The van der Waals surface area contributed by atoms with Gasteiger partial charge in [-0.3, -0.25) is 0 Å². The van der Waals surface area contributed by atoms with Crippen LogP contribution in [0.1, 0.15) is 5.56 Å². The fourth-order valence-corrected chi connectivity index (χ4v) is 6.77. The van der Waals surface area contributed by atoms with Crippen molar-refractivity contribution in [1.82, 2.24) is 39.9 Å². The van der Waals surface area contributed by atoms with Gasteiger partial charge in [0.1, 0.15) is 40.5 Å². The average Bonchev–Trinajstić information content (AvgIpc) is 3.98. The topological polar surface area (TPSA) is 133 Å². The van der Waals surface area contributed by atoms with Gasteiger partial charge in [-0.15, -0.1) is 0 Å². The largest absolute Gasteiger partial charge is 0.497 e. The molecule has 0 saturated heterocycles. The van der Waals surface area contributed by atoms with E-state index in [1.165, 1.54) is 0 Å². The zero-order chi connectivity index (χ0) is 34.8. The minimum Gasteiger partial charge on any atom is -0.497 e. The van der Waals surface area contributed by atoms with Crippen molar-refractivity contribution in [3.05, 3.63) is 127 Å². The van der Waals surface area contributed by atoms with E-state index in [1.807, 2.05) is 109 Å². The number of hydrogen-bond acceptors (Lipinski definition) is 6. The van der Waals surface area contributed by atoms with Crippen molar-refractivity contribution in [1.29, 1.82) is 0 Å². The van der Waals surface area contributed by atoms with Crippen LogP contribution in [0.3, 0.4) is 0 Å². The van der Waals surface area contributed by atoms with Gasteiger partial charge in [-0.2, -0.15) is 0 Å². The molecule has 0 amide bonds. The molecule has 10 heteroatoms. The number of para-hydroxylation sites is 4. The van der Waals surface area contributed by atoms with Crippen molar-refractivity contribution >= 4 is 44.1 Å². The molecule has 0 aliphatic heterocycles. The molecule has 4 heterocycles.